The number of ether oxygens (including phenoxy) is 2. The van der Waals surface area contributed by atoms with Crippen LogP contribution in [0, 0.1) is 5.92 Å². The van der Waals surface area contributed by atoms with Crippen molar-refractivity contribution < 1.29 is 19.1 Å². The van der Waals surface area contributed by atoms with Crippen molar-refractivity contribution in [1.82, 2.24) is 9.80 Å². The lowest BCUT2D eigenvalue weighted by atomic mass is 9.95. The second kappa shape index (κ2) is 9.08. The maximum absolute atomic E-state index is 12.8. The maximum atomic E-state index is 12.8. The van der Waals surface area contributed by atoms with Crippen molar-refractivity contribution in [2.24, 2.45) is 11.7 Å². The fraction of sp³-hybridized carbons (Fsp3) is 0.600. The summed E-state index contributed by atoms with van der Waals surface area (Å²) in [5.74, 6) is 1.47. The number of nitrogens with two attached hydrogens (primary N) is 1. The second-order valence-electron chi connectivity index (χ2n) is 7.36. The lowest BCUT2D eigenvalue weighted by Crippen LogP contribution is -2.49. The van der Waals surface area contributed by atoms with Crippen LogP contribution in [0.2, 0.25) is 0 Å². The second-order valence-corrected chi connectivity index (χ2v) is 7.36. The molecule has 148 valence electrons. The first kappa shape index (κ1) is 19.5. The van der Waals surface area contributed by atoms with Crippen molar-refractivity contribution in [1.29, 1.82) is 0 Å². The van der Waals surface area contributed by atoms with Crippen LogP contribution in [0.25, 0.3) is 0 Å². The predicted octanol–water partition coefficient (Wildman–Crippen LogP) is 1.26. The Morgan fingerprint density at radius 2 is 1.74 bits per heavy atom. The van der Waals surface area contributed by atoms with Gasteiger partial charge in [0.15, 0.2) is 0 Å². The Kier molecular flexibility index (Phi) is 6.55. The molecule has 0 radical (unpaired) electrons. The minimum Gasteiger partial charge on any atom is -0.497 e. The van der Waals surface area contributed by atoms with Crippen molar-refractivity contribution in [2.45, 2.75) is 31.8 Å². The molecule has 2 aliphatic heterocycles. The zero-order valence-corrected chi connectivity index (χ0v) is 15.9. The van der Waals surface area contributed by atoms with Gasteiger partial charge in [-0.25, -0.2) is 0 Å². The van der Waals surface area contributed by atoms with Gasteiger partial charge < -0.3 is 20.1 Å². The molecule has 2 saturated heterocycles. The van der Waals surface area contributed by atoms with Crippen LogP contribution >= 0.6 is 0 Å². The van der Waals surface area contributed by atoms with Gasteiger partial charge in [-0.1, -0.05) is 0 Å². The zero-order chi connectivity index (χ0) is 19.2. The Morgan fingerprint density at radius 1 is 1.07 bits per heavy atom. The molecule has 1 aromatic rings. The molecule has 1 unspecified atom stereocenters. The molecule has 0 saturated carbocycles. The Hall–Kier alpha value is -2.28. The summed E-state index contributed by atoms with van der Waals surface area (Å²) in [7, 11) is 1.64. The van der Waals surface area contributed by atoms with E-state index in [9.17, 15) is 9.59 Å². The van der Waals surface area contributed by atoms with Crippen molar-refractivity contribution >= 4 is 11.8 Å². The van der Waals surface area contributed by atoms with Gasteiger partial charge in [0.05, 0.1) is 19.6 Å². The molecular weight excluding hydrogens is 346 g/mol. The molecule has 1 aromatic carbocycles. The maximum Gasteiger partial charge on any atom is 0.231 e. The number of piperidine rings is 2. The van der Waals surface area contributed by atoms with Crippen molar-refractivity contribution in [2.75, 3.05) is 39.8 Å². The van der Waals surface area contributed by atoms with Gasteiger partial charge in [0.1, 0.15) is 17.6 Å². The lowest BCUT2D eigenvalue weighted by Gasteiger charge is -2.37. The van der Waals surface area contributed by atoms with Crippen LogP contribution in [-0.2, 0) is 9.59 Å². The van der Waals surface area contributed by atoms with Crippen LogP contribution in [0.15, 0.2) is 24.3 Å². The Balaban J connectivity index is 1.46. The van der Waals surface area contributed by atoms with E-state index in [4.69, 9.17) is 15.2 Å². The van der Waals surface area contributed by atoms with Gasteiger partial charge in [-0.15, -0.1) is 0 Å². The summed E-state index contributed by atoms with van der Waals surface area (Å²) in [5, 5.41) is 0. The number of methoxy groups -OCH3 is 1. The fourth-order valence-electron chi connectivity index (χ4n) is 3.92. The van der Waals surface area contributed by atoms with Crippen LogP contribution in [0.4, 0.5) is 0 Å². The molecule has 2 fully saturated rings. The summed E-state index contributed by atoms with van der Waals surface area (Å²) in [6.07, 6.45) is 3.60. The number of amides is 2. The number of carbonyl (C=O) groups is 2. The first-order valence-electron chi connectivity index (χ1n) is 9.65. The van der Waals surface area contributed by atoms with E-state index in [1.54, 1.807) is 7.11 Å². The normalized spacial score (nSPS) is 21.7. The number of carbonyl (C=O) groups excluding carboxylic acids is 2. The van der Waals surface area contributed by atoms with Gasteiger partial charge in [0.25, 0.3) is 0 Å². The minimum atomic E-state index is -0.334. The highest BCUT2D eigenvalue weighted by molar-refractivity contribution is 5.80. The largest absolute Gasteiger partial charge is 0.497 e. The molecule has 0 aromatic heterocycles. The van der Waals surface area contributed by atoms with E-state index < -0.39 is 0 Å². The monoisotopic (exact) mass is 375 g/mol. The van der Waals surface area contributed by atoms with E-state index in [1.165, 1.54) is 0 Å². The Morgan fingerprint density at radius 3 is 2.37 bits per heavy atom. The predicted molar refractivity (Wildman–Crippen MR) is 102 cm³/mol. The first-order valence-corrected chi connectivity index (χ1v) is 9.65. The molecule has 0 aliphatic carbocycles. The fourth-order valence-corrected chi connectivity index (χ4v) is 3.92. The third-order valence-corrected chi connectivity index (χ3v) is 5.35. The smallest absolute Gasteiger partial charge is 0.231 e. The van der Waals surface area contributed by atoms with Gasteiger partial charge >= 0.3 is 0 Å². The molecule has 2 amide bonds. The first-order chi connectivity index (χ1) is 13.0. The highest BCUT2D eigenvalue weighted by Gasteiger charge is 2.32. The topological polar surface area (TPSA) is 85.1 Å². The molecule has 2 aliphatic rings. The minimum absolute atomic E-state index is 0.0304. The molecule has 2 heterocycles. The van der Waals surface area contributed by atoms with Crippen molar-refractivity contribution in [3.8, 4) is 11.5 Å². The quantitative estimate of drug-likeness (QED) is 0.809. The third-order valence-electron chi connectivity index (χ3n) is 5.35. The molecule has 7 heteroatoms. The number of likely N-dealkylation sites (tertiary alicyclic amines) is 2. The summed E-state index contributed by atoms with van der Waals surface area (Å²) < 4.78 is 11.2. The number of benzene rings is 1. The number of hydrogen-bond acceptors (Lipinski definition) is 5. The molecular formula is C20H29N3O4. The van der Waals surface area contributed by atoms with E-state index in [1.807, 2.05) is 34.1 Å². The molecule has 1 atom stereocenters. The standard InChI is InChI=1S/C20H29N3O4/c1-26-16-4-6-17(7-5-16)27-18-8-11-23(12-9-18)20(25)15-3-2-10-22(13-15)14-19(21)24/h4-7,15,18H,2-3,8-14H2,1H3,(H2,21,24). The molecule has 27 heavy (non-hydrogen) atoms. The van der Waals surface area contributed by atoms with Crippen LogP contribution in [0.5, 0.6) is 11.5 Å². The molecule has 0 spiro atoms. The SMILES string of the molecule is COc1ccc(OC2CCN(C(=O)C3CCCN(CC(N)=O)C3)CC2)cc1. The number of rotatable bonds is 6. The zero-order valence-electron chi connectivity index (χ0n) is 15.9. The molecule has 3 rings (SSSR count). The van der Waals surface area contributed by atoms with Crippen LogP contribution in [0.1, 0.15) is 25.7 Å². The van der Waals surface area contributed by atoms with Gasteiger partial charge in [-0.2, -0.15) is 0 Å². The van der Waals surface area contributed by atoms with E-state index in [0.29, 0.717) is 19.6 Å². The average molecular weight is 375 g/mol. The summed E-state index contributed by atoms with van der Waals surface area (Å²) in [6, 6.07) is 7.58. The van der Waals surface area contributed by atoms with E-state index in [2.05, 4.69) is 0 Å². The highest BCUT2D eigenvalue weighted by Crippen LogP contribution is 2.24. The van der Waals surface area contributed by atoms with Gasteiger partial charge in [0, 0.05) is 32.5 Å². The van der Waals surface area contributed by atoms with Crippen molar-refractivity contribution in [3.05, 3.63) is 24.3 Å². The van der Waals surface area contributed by atoms with Gasteiger partial charge in [0.2, 0.25) is 11.8 Å². The molecule has 2 N–H and O–H groups in total. The van der Waals surface area contributed by atoms with Gasteiger partial charge in [-0.3, -0.25) is 14.5 Å². The summed E-state index contributed by atoms with van der Waals surface area (Å²) >= 11 is 0. The average Bonchev–Trinajstić information content (AvgIpc) is 2.68. The highest BCUT2D eigenvalue weighted by atomic mass is 16.5. The molecule has 7 nitrogen and oxygen atoms in total. The summed E-state index contributed by atoms with van der Waals surface area (Å²) in [6.45, 7) is 3.13. The van der Waals surface area contributed by atoms with Crippen molar-refractivity contribution in [3.63, 3.8) is 0 Å². The summed E-state index contributed by atoms with van der Waals surface area (Å²) in [5.41, 5.74) is 5.29. The lowest BCUT2D eigenvalue weighted by molar-refractivity contribution is -0.139. The van der Waals surface area contributed by atoms with Crippen LogP contribution in [-0.4, -0.2) is 67.6 Å². The van der Waals surface area contributed by atoms with E-state index in [0.717, 1.165) is 43.7 Å². The van der Waals surface area contributed by atoms with Crippen LogP contribution < -0.4 is 15.2 Å². The Bertz CT molecular complexity index is 641. The number of primary amides is 1. The summed E-state index contributed by atoms with van der Waals surface area (Å²) in [4.78, 5) is 27.9. The number of hydrogen-bond donors (Lipinski definition) is 1. The van der Waals surface area contributed by atoms with E-state index >= 15 is 0 Å². The van der Waals surface area contributed by atoms with Gasteiger partial charge in [-0.05, 0) is 43.7 Å². The Labute approximate surface area is 160 Å². The van der Waals surface area contributed by atoms with Crippen LogP contribution in [0.3, 0.4) is 0 Å². The molecule has 0 bridgehead atoms. The van der Waals surface area contributed by atoms with E-state index in [-0.39, 0.29) is 30.4 Å². The third kappa shape index (κ3) is 5.35. The number of nitrogens with zero attached hydrogens (tertiary/aromatic N) is 2.